The maximum Gasteiger partial charge on any atom is 0.305 e. The van der Waals surface area contributed by atoms with Crippen LogP contribution in [0.3, 0.4) is 0 Å². The molecule has 0 aromatic heterocycles. The number of hydrogen-bond acceptors (Lipinski definition) is 5. The van der Waals surface area contributed by atoms with E-state index < -0.39 is 12.1 Å². The summed E-state index contributed by atoms with van der Waals surface area (Å²) in [6.07, 6.45) is 50.3. The molecule has 326 valence electrons. The van der Waals surface area contributed by atoms with Crippen molar-refractivity contribution < 1.29 is 24.5 Å². The van der Waals surface area contributed by atoms with Crippen molar-refractivity contribution >= 4 is 11.9 Å². The number of rotatable bonds is 45. The number of aliphatic hydroxyl groups excluding tert-OH is 2. The van der Waals surface area contributed by atoms with Crippen molar-refractivity contribution in [1.29, 1.82) is 0 Å². The van der Waals surface area contributed by atoms with Gasteiger partial charge < -0.3 is 20.3 Å². The Balaban J connectivity index is 3.47. The van der Waals surface area contributed by atoms with E-state index in [1.54, 1.807) is 0 Å². The Morgan fingerprint density at radius 3 is 1.29 bits per heavy atom. The lowest BCUT2D eigenvalue weighted by molar-refractivity contribution is -0.143. The Morgan fingerprint density at radius 1 is 0.491 bits per heavy atom. The smallest absolute Gasteiger partial charge is 0.305 e. The molecule has 0 aromatic rings. The Morgan fingerprint density at radius 2 is 0.855 bits per heavy atom. The van der Waals surface area contributed by atoms with Gasteiger partial charge in [0.25, 0.3) is 0 Å². The maximum absolute atomic E-state index is 12.4. The van der Waals surface area contributed by atoms with E-state index in [2.05, 4.69) is 31.3 Å². The molecule has 0 aliphatic heterocycles. The molecule has 0 spiro atoms. The Bertz CT molecular complexity index is 817. The molecule has 0 saturated carbocycles. The first-order valence-electron chi connectivity index (χ1n) is 24.4. The summed E-state index contributed by atoms with van der Waals surface area (Å²) in [7, 11) is 0. The molecule has 0 aliphatic carbocycles. The summed E-state index contributed by atoms with van der Waals surface area (Å²) in [6.45, 7) is 4.88. The fourth-order valence-electron chi connectivity index (χ4n) is 7.51. The first-order valence-corrected chi connectivity index (χ1v) is 24.4. The minimum atomic E-state index is -0.680. The zero-order valence-electron chi connectivity index (χ0n) is 36.9. The van der Waals surface area contributed by atoms with Gasteiger partial charge in [-0.15, -0.1) is 0 Å². The van der Waals surface area contributed by atoms with Gasteiger partial charge in [-0.3, -0.25) is 9.59 Å². The quantitative estimate of drug-likeness (QED) is 0.0325. The molecule has 0 radical (unpaired) electrons. The van der Waals surface area contributed by atoms with E-state index in [9.17, 15) is 19.8 Å². The van der Waals surface area contributed by atoms with Crippen LogP contribution in [-0.2, 0) is 14.3 Å². The summed E-state index contributed by atoms with van der Waals surface area (Å²) >= 11 is 0. The topological polar surface area (TPSA) is 95.9 Å². The average molecular weight is 778 g/mol. The van der Waals surface area contributed by atoms with Crippen LogP contribution in [0.25, 0.3) is 0 Å². The van der Waals surface area contributed by atoms with Crippen molar-refractivity contribution in [2.75, 3.05) is 13.2 Å². The van der Waals surface area contributed by atoms with Crippen molar-refractivity contribution in [3.05, 3.63) is 12.2 Å². The van der Waals surface area contributed by atoms with E-state index in [0.717, 1.165) is 57.8 Å². The van der Waals surface area contributed by atoms with Crippen molar-refractivity contribution in [3.63, 3.8) is 0 Å². The van der Waals surface area contributed by atoms with Crippen LogP contribution in [0.2, 0.25) is 0 Å². The number of carbonyl (C=O) groups excluding carboxylic acids is 2. The fourth-order valence-corrected chi connectivity index (χ4v) is 7.51. The van der Waals surface area contributed by atoms with E-state index in [-0.39, 0.29) is 18.5 Å². The highest BCUT2D eigenvalue weighted by Crippen LogP contribution is 2.16. The van der Waals surface area contributed by atoms with Gasteiger partial charge in [-0.05, 0) is 51.4 Å². The summed E-state index contributed by atoms with van der Waals surface area (Å²) in [5.74, 6) is -0.0915. The molecular weight excluding hydrogens is 683 g/mol. The second-order valence-electron chi connectivity index (χ2n) is 16.8. The van der Waals surface area contributed by atoms with Gasteiger partial charge >= 0.3 is 5.97 Å². The van der Waals surface area contributed by atoms with Crippen LogP contribution in [0.1, 0.15) is 264 Å². The number of aliphatic hydroxyl groups is 2. The molecule has 0 bridgehead atoms. The molecule has 1 amide bonds. The molecule has 0 aliphatic rings. The standard InChI is InChI=1S/C49H95NO5/c1-3-5-7-9-11-13-15-17-18-19-20-21-23-27-31-35-39-43-49(54)55-44-40-36-32-28-24-26-30-34-38-42-48(53)50-46(45-51)47(52)41-37-33-29-25-22-16-14-12-10-8-6-4-2/h17-18,46-47,51-52H,3-16,19-45H2,1-2H3,(H,50,53)/b18-17-. The largest absolute Gasteiger partial charge is 0.466 e. The second kappa shape index (κ2) is 45.3. The zero-order valence-corrected chi connectivity index (χ0v) is 36.9. The summed E-state index contributed by atoms with van der Waals surface area (Å²) in [5, 5.41) is 23.1. The third kappa shape index (κ3) is 42.0. The number of amides is 1. The lowest BCUT2D eigenvalue weighted by Crippen LogP contribution is -2.45. The van der Waals surface area contributed by atoms with Crippen molar-refractivity contribution in [2.24, 2.45) is 0 Å². The number of allylic oxidation sites excluding steroid dienone is 2. The molecule has 3 N–H and O–H groups in total. The van der Waals surface area contributed by atoms with E-state index in [0.29, 0.717) is 25.9 Å². The molecule has 0 rings (SSSR count). The van der Waals surface area contributed by atoms with E-state index in [1.165, 1.54) is 173 Å². The third-order valence-electron chi connectivity index (χ3n) is 11.3. The maximum atomic E-state index is 12.4. The number of carbonyl (C=O) groups is 2. The van der Waals surface area contributed by atoms with Gasteiger partial charge in [0.05, 0.1) is 25.4 Å². The number of esters is 1. The fraction of sp³-hybridized carbons (Fsp3) is 0.918. The minimum Gasteiger partial charge on any atom is -0.466 e. The number of nitrogens with one attached hydrogen (secondary N) is 1. The van der Waals surface area contributed by atoms with Crippen LogP contribution in [-0.4, -0.2) is 47.4 Å². The van der Waals surface area contributed by atoms with Gasteiger partial charge in [0, 0.05) is 12.8 Å². The van der Waals surface area contributed by atoms with Crippen molar-refractivity contribution in [3.8, 4) is 0 Å². The van der Waals surface area contributed by atoms with E-state index in [4.69, 9.17) is 4.74 Å². The Kier molecular flexibility index (Phi) is 44.2. The second-order valence-corrected chi connectivity index (χ2v) is 16.8. The molecule has 0 aromatic carbocycles. The summed E-state index contributed by atoms with van der Waals surface area (Å²) in [5.41, 5.74) is 0. The molecule has 6 nitrogen and oxygen atoms in total. The van der Waals surface area contributed by atoms with Crippen LogP contribution < -0.4 is 5.32 Å². The molecule has 0 heterocycles. The van der Waals surface area contributed by atoms with Crippen LogP contribution in [0.4, 0.5) is 0 Å². The molecule has 2 unspecified atom stereocenters. The summed E-state index contributed by atoms with van der Waals surface area (Å²) in [4.78, 5) is 24.4. The molecule has 6 heteroatoms. The number of unbranched alkanes of at least 4 members (excludes halogenated alkanes) is 32. The normalized spacial score (nSPS) is 12.7. The van der Waals surface area contributed by atoms with Gasteiger partial charge in [-0.1, -0.05) is 212 Å². The van der Waals surface area contributed by atoms with Gasteiger partial charge in [-0.25, -0.2) is 0 Å². The average Bonchev–Trinajstić information content (AvgIpc) is 3.18. The highest BCUT2D eigenvalue weighted by Gasteiger charge is 2.20. The van der Waals surface area contributed by atoms with Crippen molar-refractivity contribution in [1.82, 2.24) is 5.32 Å². The monoisotopic (exact) mass is 778 g/mol. The molecule has 0 fully saturated rings. The lowest BCUT2D eigenvalue weighted by atomic mass is 10.0. The van der Waals surface area contributed by atoms with E-state index >= 15 is 0 Å². The lowest BCUT2D eigenvalue weighted by Gasteiger charge is -2.22. The van der Waals surface area contributed by atoms with Crippen LogP contribution in [0.15, 0.2) is 12.2 Å². The summed E-state index contributed by atoms with van der Waals surface area (Å²) < 4.78 is 5.45. The van der Waals surface area contributed by atoms with Crippen LogP contribution >= 0.6 is 0 Å². The third-order valence-corrected chi connectivity index (χ3v) is 11.3. The molecular formula is C49H95NO5. The minimum absolute atomic E-state index is 0.0284. The Labute approximate surface area is 342 Å². The highest BCUT2D eigenvalue weighted by atomic mass is 16.5. The molecule has 2 atom stereocenters. The molecule has 0 saturated heterocycles. The first kappa shape index (κ1) is 53.6. The number of hydrogen-bond donors (Lipinski definition) is 3. The number of ether oxygens (including phenoxy) is 1. The van der Waals surface area contributed by atoms with Gasteiger partial charge in [0.15, 0.2) is 0 Å². The molecule has 55 heavy (non-hydrogen) atoms. The summed E-state index contributed by atoms with van der Waals surface area (Å²) in [6, 6.07) is -0.560. The van der Waals surface area contributed by atoms with Gasteiger partial charge in [0.1, 0.15) is 0 Å². The van der Waals surface area contributed by atoms with Crippen LogP contribution in [0, 0.1) is 0 Å². The zero-order chi connectivity index (χ0) is 40.1. The first-order chi connectivity index (χ1) is 27.0. The van der Waals surface area contributed by atoms with E-state index in [1.807, 2.05) is 0 Å². The highest BCUT2D eigenvalue weighted by molar-refractivity contribution is 5.76. The predicted octanol–water partition coefficient (Wildman–Crippen LogP) is 14.2. The van der Waals surface area contributed by atoms with Gasteiger partial charge in [0.2, 0.25) is 5.91 Å². The van der Waals surface area contributed by atoms with Gasteiger partial charge in [-0.2, -0.15) is 0 Å². The van der Waals surface area contributed by atoms with Crippen molar-refractivity contribution in [2.45, 2.75) is 276 Å². The predicted molar refractivity (Wildman–Crippen MR) is 237 cm³/mol. The van der Waals surface area contributed by atoms with Crippen LogP contribution in [0.5, 0.6) is 0 Å². The Hall–Kier alpha value is -1.40. The SMILES string of the molecule is CCCCCCCC/C=C\CCCCCCCCCC(=O)OCCCCCCCCCCCC(=O)NC(CO)C(O)CCCCCCCCCCCCCC.